The van der Waals surface area contributed by atoms with Crippen molar-refractivity contribution in [3.05, 3.63) is 16.1 Å². The van der Waals surface area contributed by atoms with E-state index in [1.54, 1.807) is 0 Å². The van der Waals surface area contributed by atoms with Gasteiger partial charge in [-0.1, -0.05) is 33.6 Å². The summed E-state index contributed by atoms with van der Waals surface area (Å²) in [5.74, 6) is 0.929. The average Bonchev–Trinajstić information content (AvgIpc) is 3.21. The number of nitrogens with one attached hydrogen (secondary N) is 1. The van der Waals surface area contributed by atoms with E-state index in [1.165, 1.54) is 42.8 Å². The highest BCUT2D eigenvalue weighted by Gasteiger charge is 2.40. The molecule has 0 radical (unpaired) electrons. The van der Waals surface area contributed by atoms with Gasteiger partial charge in [-0.05, 0) is 32.1 Å². The highest BCUT2D eigenvalue weighted by Crippen LogP contribution is 2.43. The van der Waals surface area contributed by atoms with Crippen molar-refractivity contribution in [2.45, 2.75) is 76.8 Å². The van der Waals surface area contributed by atoms with Crippen molar-refractivity contribution in [3.8, 4) is 0 Å². The normalized spacial score (nSPS) is 23.4. The van der Waals surface area contributed by atoms with Gasteiger partial charge in [0.2, 0.25) is 0 Å². The monoisotopic (exact) mass is 278 g/mol. The maximum Gasteiger partial charge on any atom is 0.113 e. The van der Waals surface area contributed by atoms with E-state index in [0.29, 0.717) is 0 Å². The SMILES string of the molecule is CC(C)(C)c1csc(C(C)(CC2CC2)NC2CC2)n1. The van der Waals surface area contributed by atoms with Gasteiger partial charge in [-0.2, -0.15) is 0 Å². The number of rotatable bonds is 5. The summed E-state index contributed by atoms with van der Waals surface area (Å²) in [6.07, 6.45) is 6.79. The molecule has 0 aliphatic heterocycles. The molecular formula is C16H26N2S. The van der Waals surface area contributed by atoms with Crippen LogP contribution in [0.5, 0.6) is 0 Å². The van der Waals surface area contributed by atoms with Crippen LogP contribution in [0.4, 0.5) is 0 Å². The fourth-order valence-electron chi connectivity index (χ4n) is 2.66. The van der Waals surface area contributed by atoms with Crippen LogP contribution < -0.4 is 5.32 Å². The first kappa shape index (κ1) is 13.6. The van der Waals surface area contributed by atoms with E-state index in [9.17, 15) is 0 Å². The van der Waals surface area contributed by atoms with Gasteiger partial charge < -0.3 is 5.32 Å². The molecular weight excluding hydrogens is 252 g/mol. The van der Waals surface area contributed by atoms with Gasteiger partial charge in [0.15, 0.2) is 0 Å². The number of hydrogen-bond donors (Lipinski definition) is 1. The summed E-state index contributed by atoms with van der Waals surface area (Å²) in [5.41, 5.74) is 1.51. The van der Waals surface area contributed by atoms with E-state index >= 15 is 0 Å². The van der Waals surface area contributed by atoms with Gasteiger partial charge in [-0.3, -0.25) is 0 Å². The summed E-state index contributed by atoms with van der Waals surface area (Å²) >= 11 is 1.85. The molecule has 2 nitrogen and oxygen atoms in total. The highest BCUT2D eigenvalue weighted by atomic mass is 32.1. The molecule has 0 aromatic carbocycles. The maximum absolute atomic E-state index is 4.97. The summed E-state index contributed by atoms with van der Waals surface area (Å²) < 4.78 is 0. The van der Waals surface area contributed by atoms with Crippen LogP contribution in [0.3, 0.4) is 0 Å². The minimum Gasteiger partial charge on any atom is -0.303 e. The first-order valence-electron chi connectivity index (χ1n) is 7.61. The van der Waals surface area contributed by atoms with Crippen molar-refractivity contribution >= 4 is 11.3 Å². The molecule has 1 aromatic heterocycles. The first-order chi connectivity index (χ1) is 8.87. The second kappa shape index (κ2) is 4.56. The Kier molecular flexibility index (Phi) is 3.25. The lowest BCUT2D eigenvalue weighted by atomic mass is 9.92. The van der Waals surface area contributed by atoms with Crippen molar-refractivity contribution in [1.82, 2.24) is 10.3 Å². The van der Waals surface area contributed by atoms with Crippen molar-refractivity contribution in [1.29, 1.82) is 0 Å². The maximum atomic E-state index is 4.97. The highest BCUT2D eigenvalue weighted by molar-refractivity contribution is 7.09. The molecule has 1 heterocycles. The molecule has 0 bridgehead atoms. The van der Waals surface area contributed by atoms with Crippen LogP contribution in [0.2, 0.25) is 0 Å². The second-order valence-corrected chi connectivity index (χ2v) is 8.54. The van der Waals surface area contributed by atoms with Crippen LogP contribution in [0.1, 0.15) is 70.5 Å². The van der Waals surface area contributed by atoms with E-state index < -0.39 is 0 Å². The van der Waals surface area contributed by atoms with E-state index in [1.807, 2.05) is 11.3 Å². The zero-order valence-electron chi connectivity index (χ0n) is 12.6. The zero-order valence-corrected chi connectivity index (χ0v) is 13.4. The van der Waals surface area contributed by atoms with Crippen molar-refractivity contribution < 1.29 is 0 Å². The predicted molar refractivity (Wildman–Crippen MR) is 81.7 cm³/mol. The molecule has 2 aliphatic rings. The van der Waals surface area contributed by atoms with Crippen LogP contribution >= 0.6 is 11.3 Å². The van der Waals surface area contributed by atoms with Crippen molar-refractivity contribution in [2.24, 2.45) is 5.92 Å². The summed E-state index contributed by atoms with van der Waals surface area (Å²) in [5, 5.41) is 7.43. The van der Waals surface area contributed by atoms with Gasteiger partial charge >= 0.3 is 0 Å². The standard InChI is InChI=1S/C16H26N2S/c1-15(2,3)13-10-19-14(17-13)16(4,9-11-5-6-11)18-12-7-8-12/h10-12,18H,5-9H2,1-4H3. The molecule has 3 heteroatoms. The molecule has 1 atom stereocenters. The molecule has 2 aliphatic carbocycles. The van der Waals surface area contributed by atoms with Gasteiger partial charge in [-0.15, -0.1) is 11.3 Å². The molecule has 1 unspecified atom stereocenters. The van der Waals surface area contributed by atoms with E-state index in [4.69, 9.17) is 4.98 Å². The molecule has 106 valence electrons. The Hall–Kier alpha value is -0.410. The van der Waals surface area contributed by atoms with Gasteiger partial charge in [0, 0.05) is 16.8 Å². The van der Waals surface area contributed by atoms with Crippen LogP contribution in [0.25, 0.3) is 0 Å². The van der Waals surface area contributed by atoms with Crippen molar-refractivity contribution in [2.75, 3.05) is 0 Å². The Balaban J connectivity index is 1.82. The minimum atomic E-state index is 0.108. The Morgan fingerprint density at radius 1 is 1.21 bits per heavy atom. The third-order valence-electron chi connectivity index (χ3n) is 4.24. The van der Waals surface area contributed by atoms with Crippen LogP contribution in [0.15, 0.2) is 5.38 Å². The zero-order chi connectivity index (χ0) is 13.7. The minimum absolute atomic E-state index is 0.108. The van der Waals surface area contributed by atoms with Crippen LogP contribution in [-0.2, 0) is 11.0 Å². The van der Waals surface area contributed by atoms with E-state index in [0.717, 1.165) is 12.0 Å². The summed E-state index contributed by atoms with van der Waals surface area (Å²) in [7, 11) is 0. The van der Waals surface area contributed by atoms with Gasteiger partial charge in [0.1, 0.15) is 5.01 Å². The molecule has 0 saturated heterocycles. The molecule has 1 N–H and O–H groups in total. The van der Waals surface area contributed by atoms with E-state index in [-0.39, 0.29) is 11.0 Å². The largest absolute Gasteiger partial charge is 0.303 e. The van der Waals surface area contributed by atoms with E-state index in [2.05, 4.69) is 38.4 Å². The lowest BCUT2D eigenvalue weighted by molar-refractivity contribution is 0.316. The smallest absolute Gasteiger partial charge is 0.113 e. The molecule has 2 fully saturated rings. The molecule has 0 amide bonds. The first-order valence-corrected chi connectivity index (χ1v) is 8.49. The number of nitrogens with zero attached hydrogens (tertiary/aromatic N) is 1. The lowest BCUT2D eigenvalue weighted by Crippen LogP contribution is -2.41. The summed E-state index contributed by atoms with van der Waals surface area (Å²) in [6, 6.07) is 0.741. The quantitative estimate of drug-likeness (QED) is 0.873. The van der Waals surface area contributed by atoms with Gasteiger partial charge in [-0.25, -0.2) is 4.98 Å². The average molecular weight is 278 g/mol. The Bertz CT molecular complexity index is 436. The third-order valence-corrected chi connectivity index (χ3v) is 5.34. The topological polar surface area (TPSA) is 24.9 Å². The Morgan fingerprint density at radius 2 is 1.89 bits per heavy atom. The summed E-state index contributed by atoms with van der Waals surface area (Å²) in [6.45, 7) is 9.12. The molecule has 19 heavy (non-hydrogen) atoms. The van der Waals surface area contributed by atoms with Gasteiger partial charge in [0.05, 0.1) is 11.2 Å². The number of aromatic nitrogens is 1. The fourth-order valence-corrected chi connectivity index (χ4v) is 3.84. The predicted octanol–water partition coefficient (Wildman–Crippen LogP) is 4.21. The van der Waals surface area contributed by atoms with Gasteiger partial charge in [0.25, 0.3) is 0 Å². The molecule has 0 spiro atoms. The molecule has 1 aromatic rings. The van der Waals surface area contributed by atoms with Crippen molar-refractivity contribution in [3.63, 3.8) is 0 Å². The Labute approximate surface area is 121 Å². The second-order valence-electron chi connectivity index (χ2n) is 7.69. The lowest BCUT2D eigenvalue weighted by Gasteiger charge is -2.29. The third kappa shape index (κ3) is 3.19. The Morgan fingerprint density at radius 3 is 2.37 bits per heavy atom. The molecule has 3 rings (SSSR count). The fraction of sp³-hybridized carbons (Fsp3) is 0.812. The van der Waals surface area contributed by atoms with Crippen LogP contribution in [0, 0.1) is 5.92 Å². The summed E-state index contributed by atoms with van der Waals surface area (Å²) in [4.78, 5) is 4.97. The molecule has 2 saturated carbocycles. The number of thiazole rings is 1. The number of hydrogen-bond acceptors (Lipinski definition) is 3. The van der Waals surface area contributed by atoms with Crippen LogP contribution in [-0.4, -0.2) is 11.0 Å².